The fourth-order valence-electron chi connectivity index (χ4n) is 4.63. The number of guanidine groups is 1. The maximum Gasteiger partial charge on any atom is 0.309 e. The Labute approximate surface area is 216 Å². The summed E-state index contributed by atoms with van der Waals surface area (Å²) in [6, 6.07) is 8.82. The molecule has 0 spiro atoms. The fraction of sp³-hybridized carbons (Fsp3) is 0.680. The molecule has 0 saturated carbocycles. The third kappa shape index (κ3) is 8.63. The van der Waals surface area contributed by atoms with E-state index < -0.39 is 0 Å². The molecule has 2 fully saturated rings. The Bertz CT molecular complexity index is 744. The molecular weight excluding hydrogens is 529 g/mol. The molecule has 0 aromatic heterocycles. The highest BCUT2D eigenvalue weighted by Crippen LogP contribution is 2.19. The molecule has 1 aromatic carbocycles. The van der Waals surface area contributed by atoms with Gasteiger partial charge in [-0.25, -0.2) is 0 Å². The number of rotatable bonds is 8. The summed E-state index contributed by atoms with van der Waals surface area (Å²) < 4.78 is 5.17. The number of likely N-dealkylation sites (tertiary alicyclic amines) is 1. The van der Waals surface area contributed by atoms with Crippen LogP contribution in [0, 0.1) is 12.8 Å². The van der Waals surface area contributed by atoms with Crippen LogP contribution in [0.4, 0.5) is 5.69 Å². The summed E-state index contributed by atoms with van der Waals surface area (Å²) in [5.41, 5.74) is 2.68. The zero-order valence-electron chi connectivity index (χ0n) is 20.6. The molecule has 1 aromatic rings. The number of piperazine rings is 1. The van der Waals surface area contributed by atoms with Crippen LogP contribution in [0.15, 0.2) is 29.3 Å². The Kier molecular flexibility index (Phi) is 12.3. The summed E-state index contributed by atoms with van der Waals surface area (Å²) in [7, 11) is 1.84. The van der Waals surface area contributed by atoms with Gasteiger partial charge < -0.3 is 19.9 Å². The lowest BCUT2D eigenvalue weighted by molar-refractivity contribution is -0.149. The van der Waals surface area contributed by atoms with Gasteiger partial charge in [-0.15, -0.1) is 24.0 Å². The van der Waals surface area contributed by atoms with E-state index in [2.05, 4.69) is 56.2 Å². The second-order valence-corrected chi connectivity index (χ2v) is 8.86. The van der Waals surface area contributed by atoms with Gasteiger partial charge in [0.2, 0.25) is 0 Å². The number of ether oxygens (including phenoxy) is 1. The summed E-state index contributed by atoms with van der Waals surface area (Å²) >= 11 is 0. The molecule has 2 aliphatic rings. The highest BCUT2D eigenvalue weighted by atomic mass is 127. The van der Waals surface area contributed by atoms with Crippen molar-refractivity contribution in [1.29, 1.82) is 0 Å². The number of carbonyl (C=O) groups is 1. The van der Waals surface area contributed by atoms with Crippen molar-refractivity contribution >= 4 is 41.6 Å². The smallest absolute Gasteiger partial charge is 0.309 e. The van der Waals surface area contributed by atoms with Crippen molar-refractivity contribution in [3.8, 4) is 0 Å². The van der Waals surface area contributed by atoms with Gasteiger partial charge in [0.25, 0.3) is 0 Å². The predicted octanol–water partition coefficient (Wildman–Crippen LogP) is 3.37. The molecule has 33 heavy (non-hydrogen) atoms. The van der Waals surface area contributed by atoms with Gasteiger partial charge in [0.05, 0.1) is 12.5 Å². The van der Waals surface area contributed by atoms with Gasteiger partial charge >= 0.3 is 5.97 Å². The van der Waals surface area contributed by atoms with Crippen molar-refractivity contribution in [2.45, 2.75) is 39.5 Å². The van der Waals surface area contributed by atoms with Crippen LogP contribution in [0.2, 0.25) is 0 Å². The third-order valence-corrected chi connectivity index (χ3v) is 6.55. The molecule has 0 bridgehead atoms. The van der Waals surface area contributed by atoms with Crippen LogP contribution in [0.1, 0.15) is 38.2 Å². The molecule has 0 unspecified atom stereocenters. The second kappa shape index (κ2) is 14.7. The van der Waals surface area contributed by atoms with Gasteiger partial charge in [0.1, 0.15) is 0 Å². The Morgan fingerprint density at radius 1 is 1.12 bits per heavy atom. The van der Waals surface area contributed by atoms with Crippen LogP contribution in [-0.2, 0) is 9.53 Å². The first kappa shape index (κ1) is 27.7. The molecule has 1 N–H and O–H groups in total. The van der Waals surface area contributed by atoms with Crippen molar-refractivity contribution in [3.05, 3.63) is 29.8 Å². The summed E-state index contributed by atoms with van der Waals surface area (Å²) in [5, 5.41) is 3.51. The Morgan fingerprint density at radius 2 is 1.85 bits per heavy atom. The molecule has 3 rings (SSSR count). The van der Waals surface area contributed by atoms with Gasteiger partial charge in [-0.2, -0.15) is 0 Å². The summed E-state index contributed by atoms with van der Waals surface area (Å²) in [4.78, 5) is 23.7. The van der Waals surface area contributed by atoms with E-state index in [-0.39, 0.29) is 35.9 Å². The van der Waals surface area contributed by atoms with E-state index in [4.69, 9.17) is 4.74 Å². The molecule has 2 heterocycles. The van der Waals surface area contributed by atoms with Gasteiger partial charge in [0.15, 0.2) is 5.96 Å². The number of carbonyl (C=O) groups excluding carboxylic acids is 1. The second-order valence-electron chi connectivity index (χ2n) is 8.86. The van der Waals surface area contributed by atoms with E-state index in [1.54, 1.807) is 0 Å². The fourth-order valence-corrected chi connectivity index (χ4v) is 4.63. The molecule has 2 aliphatic heterocycles. The van der Waals surface area contributed by atoms with Crippen LogP contribution >= 0.6 is 24.0 Å². The van der Waals surface area contributed by atoms with Crippen LogP contribution in [0.25, 0.3) is 0 Å². The average molecular weight is 572 g/mol. The van der Waals surface area contributed by atoms with Crippen molar-refractivity contribution in [3.63, 3.8) is 0 Å². The highest BCUT2D eigenvalue weighted by Gasteiger charge is 2.27. The topological polar surface area (TPSA) is 60.4 Å². The first-order chi connectivity index (χ1) is 15.6. The quantitative estimate of drug-likeness (QED) is 0.170. The molecule has 7 nitrogen and oxygen atoms in total. The standard InChI is InChI=1S/C25H41N5O2.HI/c1-4-32-24(31)22-10-14-30(15-11-22)25(26-3)27-12-5-6-13-28-16-18-29(19-17-28)23-9-7-8-21(2)20-23;/h7-9,20,22H,4-6,10-19H2,1-3H3,(H,26,27);1H. The van der Waals surface area contributed by atoms with E-state index in [1.807, 2.05) is 14.0 Å². The van der Waals surface area contributed by atoms with E-state index in [0.29, 0.717) is 6.61 Å². The lowest BCUT2D eigenvalue weighted by atomic mass is 9.97. The van der Waals surface area contributed by atoms with Crippen LogP contribution in [0.5, 0.6) is 0 Å². The summed E-state index contributed by atoms with van der Waals surface area (Å²) in [5.74, 6) is 0.949. The maximum absolute atomic E-state index is 11.9. The molecule has 0 aliphatic carbocycles. The van der Waals surface area contributed by atoms with Crippen molar-refractivity contribution in [1.82, 2.24) is 15.1 Å². The van der Waals surface area contributed by atoms with Crippen LogP contribution < -0.4 is 10.2 Å². The van der Waals surface area contributed by atoms with E-state index in [0.717, 1.165) is 77.6 Å². The van der Waals surface area contributed by atoms with E-state index >= 15 is 0 Å². The molecular formula is C25H42IN5O2. The molecule has 186 valence electrons. The van der Waals surface area contributed by atoms with Crippen LogP contribution in [-0.4, -0.2) is 87.7 Å². The highest BCUT2D eigenvalue weighted by molar-refractivity contribution is 14.0. The molecule has 2 saturated heterocycles. The number of halogens is 1. The first-order valence-electron chi connectivity index (χ1n) is 12.3. The summed E-state index contributed by atoms with van der Waals surface area (Å²) in [6.07, 6.45) is 4.01. The lowest BCUT2D eigenvalue weighted by Crippen LogP contribution is -2.47. The van der Waals surface area contributed by atoms with Gasteiger partial charge in [-0.1, -0.05) is 12.1 Å². The zero-order chi connectivity index (χ0) is 22.8. The third-order valence-electron chi connectivity index (χ3n) is 6.55. The van der Waals surface area contributed by atoms with E-state index in [9.17, 15) is 4.79 Å². The monoisotopic (exact) mass is 571 g/mol. The first-order valence-corrected chi connectivity index (χ1v) is 12.3. The van der Waals surface area contributed by atoms with Crippen molar-refractivity contribution in [2.75, 3.05) is 70.9 Å². The average Bonchev–Trinajstić information content (AvgIpc) is 2.82. The minimum atomic E-state index is -0.0465. The lowest BCUT2D eigenvalue weighted by Gasteiger charge is -2.36. The number of piperidine rings is 1. The maximum atomic E-state index is 11.9. The van der Waals surface area contributed by atoms with Crippen molar-refractivity contribution in [2.24, 2.45) is 10.9 Å². The molecule has 0 amide bonds. The largest absolute Gasteiger partial charge is 0.466 e. The predicted molar refractivity (Wildman–Crippen MR) is 147 cm³/mol. The Morgan fingerprint density at radius 3 is 2.48 bits per heavy atom. The van der Waals surface area contributed by atoms with Gasteiger partial charge in [-0.3, -0.25) is 14.7 Å². The van der Waals surface area contributed by atoms with Crippen molar-refractivity contribution < 1.29 is 9.53 Å². The number of benzene rings is 1. The number of nitrogens with one attached hydrogen (secondary N) is 1. The Hall–Kier alpha value is -1.55. The normalized spacial score (nSPS) is 18.1. The minimum Gasteiger partial charge on any atom is -0.466 e. The summed E-state index contributed by atoms with van der Waals surface area (Å²) in [6.45, 7) is 12.8. The molecule has 0 atom stereocenters. The number of aryl methyl sites for hydroxylation is 1. The number of hydrogen-bond donors (Lipinski definition) is 1. The minimum absolute atomic E-state index is 0. The SMILES string of the molecule is CCOC(=O)C1CCN(C(=NC)NCCCCN2CCN(c3cccc(C)c3)CC2)CC1.I. The number of aliphatic imine (C=N–C) groups is 1. The Balaban J connectivity index is 0.00000385. The number of nitrogens with zero attached hydrogens (tertiary/aromatic N) is 4. The number of esters is 1. The molecule has 8 heteroatoms. The van der Waals surface area contributed by atoms with Gasteiger partial charge in [-0.05, 0) is 63.8 Å². The number of unbranched alkanes of at least 4 members (excludes halogenated alkanes) is 1. The molecule has 0 radical (unpaired) electrons. The number of anilines is 1. The van der Waals surface area contributed by atoms with E-state index in [1.165, 1.54) is 17.7 Å². The zero-order valence-corrected chi connectivity index (χ0v) is 22.9. The van der Waals surface area contributed by atoms with Crippen LogP contribution in [0.3, 0.4) is 0 Å². The number of hydrogen-bond acceptors (Lipinski definition) is 5. The van der Waals surface area contributed by atoms with Gasteiger partial charge in [0, 0.05) is 58.5 Å².